The Bertz CT molecular complexity index is 318. The molecule has 0 aliphatic heterocycles. The first kappa shape index (κ1) is 11.2. The van der Waals surface area contributed by atoms with Crippen molar-refractivity contribution in [3.63, 3.8) is 0 Å². The number of rotatable bonds is 3. The van der Waals surface area contributed by atoms with Gasteiger partial charge in [-0.25, -0.2) is 0 Å². The van der Waals surface area contributed by atoms with E-state index in [0.29, 0.717) is 6.04 Å². The summed E-state index contributed by atoms with van der Waals surface area (Å²) in [6.45, 7) is 2.25. The molecule has 0 spiro atoms. The number of nitrogens with one attached hydrogen (secondary N) is 1. The molecule has 0 bridgehead atoms. The molecule has 1 aliphatic carbocycles. The Hall–Kier alpha value is -0.340. The highest BCUT2D eigenvalue weighted by Crippen LogP contribution is 2.26. The predicted octanol–water partition coefficient (Wildman–Crippen LogP) is 4.04. The van der Waals surface area contributed by atoms with Crippen molar-refractivity contribution in [3.05, 3.63) is 34.3 Å². The molecule has 1 atom stereocenters. The zero-order valence-electron chi connectivity index (χ0n) is 9.17. The quantitative estimate of drug-likeness (QED) is 0.872. The van der Waals surface area contributed by atoms with Gasteiger partial charge in [-0.05, 0) is 31.4 Å². The van der Waals surface area contributed by atoms with Crippen molar-refractivity contribution in [2.24, 2.45) is 0 Å². The highest BCUT2D eigenvalue weighted by atomic mass is 79.9. The second-order valence-electron chi connectivity index (χ2n) is 4.39. The van der Waals surface area contributed by atoms with Crippen molar-refractivity contribution >= 4 is 15.9 Å². The van der Waals surface area contributed by atoms with Crippen LogP contribution in [0, 0.1) is 0 Å². The van der Waals surface area contributed by atoms with Crippen molar-refractivity contribution in [3.8, 4) is 0 Å². The molecule has 0 heterocycles. The minimum Gasteiger partial charge on any atom is -0.307 e. The Morgan fingerprint density at radius 3 is 2.60 bits per heavy atom. The minimum atomic E-state index is 0.448. The zero-order valence-corrected chi connectivity index (χ0v) is 10.8. The summed E-state index contributed by atoms with van der Waals surface area (Å²) in [5.74, 6) is 0. The predicted molar refractivity (Wildman–Crippen MR) is 67.9 cm³/mol. The number of hydrogen-bond donors (Lipinski definition) is 1. The van der Waals surface area contributed by atoms with Crippen LogP contribution in [0.1, 0.15) is 44.2 Å². The smallest absolute Gasteiger partial charge is 0.0305 e. The van der Waals surface area contributed by atoms with Gasteiger partial charge >= 0.3 is 0 Å². The van der Waals surface area contributed by atoms with E-state index < -0.39 is 0 Å². The van der Waals surface area contributed by atoms with Crippen LogP contribution < -0.4 is 5.32 Å². The molecule has 1 aromatic carbocycles. The molecule has 0 radical (unpaired) electrons. The van der Waals surface area contributed by atoms with Gasteiger partial charge in [0.1, 0.15) is 0 Å². The maximum Gasteiger partial charge on any atom is 0.0305 e. The van der Waals surface area contributed by atoms with Crippen LogP contribution in [0.5, 0.6) is 0 Å². The molecular formula is C13H18BrN. The Balaban J connectivity index is 2.00. The monoisotopic (exact) mass is 267 g/mol. The molecule has 1 aromatic rings. The highest BCUT2D eigenvalue weighted by molar-refractivity contribution is 9.10. The average molecular weight is 268 g/mol. The van der Waals surface area contributed by atoms with E-state index in [-0.39, 0.29) is 0 Å². The van der Waals surface area contributed by atoms with Crippen LogP contribution in [0.25, 0.3) is 0 Å². The second kappa shape index (κ2) is 5.13. The van der Waals surface area contributed by atoms with Crippen LogP contribution in [0.4, 0.5) is 0 Å². The Labute approximate surface area is 100 Å². The molecule has 82 valence electrons. The van der Waals surface area contributed by atoms with E-state index in [4.69, 9.17) is 0 Å². The topological polar surface area (TPSA) is 12.0 Å². The van der Waals surface area contributed by atoms with Crippen molar-refractivity contribution < 1.29 is 0 Å². The first-order chi connectivity index (χ1) is 7.27. The van der Waals surface area contributed by atoms with Crippen molar-refractivity contribution in [1.82, 2.24) is 5.32 Å². The van der Waals surface area contributed by atoms with E-state index in [0.717, 1.165) is 6.04 Å². The first-order valence-corrected chi connectivity index (χ1v) is 6.57. The summed E-state index contributed by atoms with van der Waals surface area (Å²) in [6.07, 6.45) is 5.46. The molecule has 2 rings (SSSR count). The SMILES string of the molecule is C[C@H](NC1CCCC1)c1ccccc1Br. The Morgan fingerprint density at radius 1 is 1.27 bits per heavy atom. The molecule has 0 amide bonds. The molecule has 1 fully saturated rings. The molecule has 1 N–H and O–H groups in total. The van der Waals surface area contributed by atoms with Gasteiger partial charge in [0.25, 0.3) is 0 Å². The van der Waals surface area contributed by atoms with Crippen LogP contribution in [-0.4, -0.2) is 6.04 Å². The molecule has 1 saturated carbocycles. The number of halogens is 1. The first-order valence-electron chi connectivity index (χ1n) is 5.78. The molecular weight excluding hydrogens is 250 g/mol. The van der Waals surface area contributed by atoms with Crippen molar-refractivity contribution in [1.29, 1.82) is 0 Å². The average Bonchev–Trinajstić information content (AvgIpc) is 2.71. The third-order valence-electron chi connectivity index (χ3n) is 3.21. The van der Waals surface area contributed by atoms with E-state index in [1.54, 1.807) is 0 Å². The fourth-order valence-electron chi connectivity index (χ4n) is 2.36. The fraction of sp³-hybridized carbons (Fsp3) is 0.538. The van der Waals surface area contributed by atoms with Crippen LogP contribution in [0.2, 0.25) is 0 Å². The molecule has 15 heavy (non-hydrogen) atoms. The summed E-state index contributed by atoms with van der Waals surface area (Å²) in [6, 6.07) is 9.65. The van der Waals surface area contributed by atoms with Crippen molar-refractivity contribution in [2.45, 2.75) is 44.7 Å². The summed E-state index contributed by atoms with van der Waals surface area (Å²) in [7, 11) is 0. The molecule has 1 aliphatic rings. The van der Waals surface area contributed by atoms with E-state index in [1.165, 1.54) is 35.7 Å². The van der Waals surface area contributed by atoms with Gasteiger partial charge in [0.2, 0.25) is 0 Å². The van der Waals surface area contributed by atoms with Crippen LogP contribution in [0.15, 0.2) is 28.7 Å². The lowest BCUT2D eigenvalue weighted by Crippen LogP contribution is -2.29. The largest absolute Gasteiger partial charge is 0.307 e. The normalized spacial score (nSPS) is 19.3. The van der Waals surface area contributed by atoms with Gasteiger partial charge < -0.3 is 5.32 Å². The second-order valence-corrected chi connectivity index (χ2v) is 5.25. The van der Waals surface area contributed by atoms with Gasteiger partial charge in [0.15, 0.2) is 0 Å². The maximum atomic E-state index is 3.71. The lowest BCUT2D eigenvalue weighted by molar-refractivity contribution is 0.460. The van der Waals surface area contributed by atoms with Crippen molar-refractivity contribution in [2.75, 3.05) is 0 Å². The van der Waals surface area contributed by atoms with Crippen LogP contribution >= 0.6 is 15.9 Å². The third kappa shape index (κ3) is 2.82. The standard InChI is InChI=1S/C13H18BrN/c1-10(15-11-6-2-3-7-11)12-8-4-5-9-13(12)14/h4-5,8-11,15H,2-3,6-7H2,1H3/t10-/m0/s1. The summed E-state index contributed by atoms with van der Waals surface area (Å²) in [5.41, 5.74) is 1.37. The van der Waals surface area contributed by atoms with E-state index >= 15 is 0 Å². The van der Waals surface area contributed by atoms with Gasteiger partial charge in [-0.3, -0.25) is 0 Å². The minimum absolute atomic E-state index is 0.448. The highest BCUT2D eigenvalue weighted by Gasteiger charge is 2.18. The summed E-state index contributed by atoms with van der Waals surface area (Å²) >= 11 is 3.61. The zero-order chi connectivity index (χ0) is 10.7. The fourth-order valence-corrected chi connectivity index (χ4v) is 2.99. The van der Waals surface area contributed by atoms with Crippen LogP contribution in [-0.2, 0) is 0 Å². The number of benzene rings is 1. The van der Waals surface area contributed by atoms with Gasteiger partial charge in [-0.1, -0.05) is 47.0 Å². The molecule has 1 nitrogen and oxygen atoms in total. The Morgan fingerprint density at radius 2 is 1.93 bits per heavy atom. The molecule has 0 saturated heterocycles. The summed E-state index contributed by atoms with van der Waals surface area (Å²) in [5, 5.41) is 3.71. The van der Waals surface area contributed by atoms with Gasteiger partial charge in [0.05, 0.1) is 0 Å². The lowest BCUT2D eigenvalue weighted by Gasteiger charge is -2.20. The summed E-state index contributed by atoms with van der Waals surface area (Å²) in [4.78, 5) is 0. The van der Waals surface area contributed by atoms with E-state index in [1.807, 2.05) is 0 Å². The van der Waals surface area contributed by atoms with Gasteiger partial charge in [-0.15, -0.1) is 0 Å². The number of hydrogen-bond acceptors (Lipinski definition) is 1. The molecule has 0 aromatic heterocycles. The van der Waals surface area contributed by atoms with E-state index in [9.17, 15) is 0 Å². The van der Waals surface area contributed by atoms with Gasteiger partial charge in [0, 0.05) is 16.6 Å². The molecule has 2 heteroatoms. The third-order valence-corrected chi connectivity index (χ3v) is 3.93. The maximum absolute atomic E-state index is 3.71. The summed E-state index contributed by atoms with van der Waals surface area (Å²) < 4.78 is 1.21. The lowest BCUT2D eigenvalue weighted by atomic mass is 10.1. The van der Waals surface area contributed by atoms with E-state index in [2.05, 4.69) is 52.4 Å². The Kier molecular flexibility index (Phi) is 3.81. The van der Waals surface area contributed by atoms with Gasteiger partial charge in [-0.2, -0.15) is 0 Å². The molecule has 0 unspecified atom stereocenters. The van der Waals surface area contributed by atoms with Crippen LogP contribution in [0.3, 0.4) is 0 Å².